The van der Waals surface area contributed by atoms with Gasteiger partial charge in [-0.05, 0) is 12.1 Å². The molecule has 0 fully saturated rings. The molecule has 0 aliphatic heterocycles. The Bertz CT molecular complexity index is 469. The molecule has 1 amide bonds. The van der Waals surface area contributed by atoms with Gasteiger partial charge in [0.1, 0.15) is 0 Å². The molecule has 0 aromatic heterocycles. The number of nitrogens with two attached hydrogens (primary N) is 1. The third kappa shape index (κ3) is 6.53. The molecule has 1 aromatic carbocycles. The van der Waals surface area contributed by atoms with Crippen molar-refractivity contribution in [3.63, 3.8) is 0 Å². The second-order valence-electron chi connectivity index (χ2n) is 2.65. The zero-order chi connectivity index (χ0) is 13.7. The maximum absolute atomic E-state index is 10.7. The van der Waals surface area contributed by atoms with Crippen molar-refractivity contribution in [1.82, 2.24) is 0 Å². The summed E-state index contributed by atoms with van der Waals surface area (Å²) >= 11 is 0. The van der Waals surface area contributed by atoms with Gasteiger partial charge in [-0.2, -0.15) is 21.6 Å². The van der Waals surface area contributed by atoms with Crippen LogP contribution in [0, 0.1) is 0 Å². The van der Waals surface area contributed by atoms with Gasteiger partial charge in [0.25, 0.3) is 10.1 Å². The van der Waals surface area contributed by atoms with Gasteiger partial charge in [0.15, 0.2) is 0 Å². The number of alkyl halides is 3. The van der Waals surface area contributed by atoms with Crippen LogP contribution in [0.4, 0.5) is 13.2 Å². The highest BCUT2D eigenvalue weighted by Crippen LogP contribution is 2.11. The van der Waals surface area contributed by atoms with E-state index in [1.165, 1.54) is 12.1 Å². The van der Waals surface area contributed by atoms with Gasteiger partial charge < -0.3 is 5.73 Å². The van der Waals surface area contributed by atoms with E-state index >= 15 is 0 Å². The molecule has 1 aromatic rings. The van der Waals surface area contributed by atoms with E-state index in [0.717, 1.165) is 0 Å². The van der Waals surface area contributed by atoms with Crippen LogP contribution in [0.3, 0.4) is 0 Å². The van der Waals surface area contributed by atoms with Crippen molar-refractivity contribution in [3.8, 4) is 0 Å². The van der Waals surface area contributed by atoms with Crippen LogP contribution < -0.4 is 5.73 Å². The van der Waals surface area contributed by atoms with Gasteiger partial charge in [-0.3, -0.25) is 9.35 Å². The number of carbonyl (C=O) groups excluding carboxylic acids is 1. The van der Waals surface area contributed by atoms with Crippen molar-refractivity contribution in [2.75, 3.05) is 0 Å². The number of amides is 1. The molecule has 3 N–H and O–H groups in total. The van der Waals surface area contributed by atoms with Gasteiger partial charge in [0, 0.05) is 0 Å². The molecule has 5 nitrogen and oxygen atoms in total. The molecule has 0 aliphatic carbocycles. The first-order chi connectivity index (χ1) is 7.55. The molecule has 0 aliphatic rings. The van der Waals surface area contributed by atoms with E-state index in [4.69, 9.17) is 9.35 Å². The van der Waals surface area contributed by atoms with E-state index in [2.05, 4.69) is 5.73 Å². The van der Waals surface area contributed by atoms with Crippen molar-refractivity contribution >= 4 is 16.0 Å². The van der Waals surface area contributed by atoms with Crippen molar-refractivity contribution in [1.29, 1.82) is 0 Å². The molecule has 1 rings (SSSR count). The summed E-state index contributed by atoms with van der Waals surface area (Å²) in [5, 5.41) is 0. The Hall–Kier alpha value is -1.61. The van der Waals surface area contributed by atoms with E-state index in [1.54, 1.807) is 18.2 Å². The summed E-state index contributed by atoms with van der Waals surface area (Å²) in [5.41, 5.74) is 3.81. The molecule has 17 heavy (non-hydrogen) atoms. The average molecular weight is 271 g/mol. The van der Waals surface area contributed by atoms with E-state index in [-0.39, 0.29) is 4.90 Å². The Labute approximate surface area is 94.8 Å². The van der Waals surface area contributed by atoms with Crippen molar-refractivity contribution < 1.29 is 30.9 Å². The molecule has 9 heteroatoms. The zero-order valence-corrected chi connectivity index (χ0v) is 8.99. The number of rotatable bonds is 1. The first-order valence-corrected chi connectivity index (χ1v) is 5.38. The number of hydrogen-bond donors (Lipinski definition) is 2. The van der Waals surface area contributed by atoms with Crippen LogP contribution >= 0.6 is 0 Å². The van der Waals surface area contributed by atoms with Crippen LogP contribution in [0.1, 0.15) is 0 Å². The van der Waals surface area contributed by atoms with E-state index < -0.39 is 22.2 Å². The molecular weight excluding hydrogens is 263 g/mol. The Morgan fingerprint density at radius 1 is 1.18 bits per heavy atom. The highest BCUT2D eigenvalue weighted by molar-refractivity contribution is 7.85. The standard InChI is InChI=1S/C6H6O3S.C2H2F3NO/c7-10(8,9)6-4-2-1-3-5-6;3-2(4,5)1(6)7/h1-5H,(H,7,8,9);(H2,6,7). The maximum Gasteiger partial charge on any atom is 0.470 e. The summed E-state index contributed by atoms with van der Waals surface area (Å²) in [7, 11) is -4.00. The van der Waals surface area contributed by atoms with Crippen LogP contribution in [0.15, 0.2) is 35.2 Å². The molecule has 96 valence electrons. The Morgan fingerprint density at radius 3 is 1.71 bits per heavy atom. The van der Waals surface area contributed by atoms with Gasteiger partial charge in [0.2, 0.25) is 0 Å². The predicted molar refractivity (Wildman–Crippen MR) is 51.5 cm³/mol. The molecular formula is C8H8F3NO4S. The topological polar surface area (TPSA) is 97.5 Å². The number of primary amides is 1. The zero-order valence-electron chi connectivity index (χ0n) is 8.18. The maximum atomic E-state index is 10.7. The molecule has 0 atom stereocenters. The summed E-state index contributed by atoms with van der Waals surface area (Å²) in [6.07, 6.45) is -4.86. The number of halogens is 3. The van der Waals surface area contributed by atoms with Crippen LogP contribution in [0.2, 0.25) is 0 Å². The monoisotopic (exact) mass is 271 g/mol. The van der Waals surface area contributed by atoms with Crippen molar-refractivity contribution in [2.24, 2.45) is 5.73 Å². The number of carbonyl (C=O) groups is 1. The highest BCUT2D eigenvalue weighted by Gasteiger charge is 2.35. The molecule has 0 radical (unpaired) electrons. The predicted octanol–water partition coefficient (Wildman–Crippen LogP) is 0.967. The van der Waals surface area contributed by atoms with Crippen LogP contribution in [-0.4, -0.2) is 25.1 Å². The SMILES string of the molecule is NC(=O)C(F)(F)F.O=S(=O)(O)c1ccccc1. The number of benzene rings is 1. The minimum atomic E-state index is -4.86. The van der Waals surface area contributed by atoms with Gasteiger partial charge in [-0.25, -0.2) is 0 Å². The summed E-state index contributed by atoms with van der Waals surface area (Å²) in [5.74, 6) is -2.26. The van der Waals surface area contributed by atoms with Crippen molar-refractivity contribution in [2.45, 2.75) is 11.1 Å². The Kier molecular flexibility index (Phi) is 5.10. The minimum Gasteiger partial charge on any atom is -0.362 e. The van der Waals surface area contributed by atoms with Gasteiger partial charge >= 0.3 is 12.1 Å². The third-order valence-electron chi connectivity index (χ3n) is 1.32. The van der Waals surface area contributed by atoms with Crippen LogP contribution in [-0.2, 0) is 14.9 Å². The highest BCUT2D eigenvalue weighted by atomic mass is 32.2. The summed E-state index contributed by atoms with van der Waals surface area (Å²) in [6, 6.07) is 7.42. The lowest BCUT2D eigenvalue weighted by molar-refractivity contribution is -0.169. The largest absolute Gasteiger partial charge is 0.470 e. The molecule has 0 spiro atoms. The first-order valence-electron chi connectivity index (χ1n) is 3.94. The summed E-state index contributed by atoms with van der Waals surface area (Å²) in [4.78, 5) is 9.04. The lowest BCUT2D eigenvalue weighted by Crippen LogP contribution is -2.30. The smallest absolute Gasteiger partial charge is 0.362 e. The molecule has 0 heterocycles. The fraction of sp³-hybridized carbons (Fsp3) is 0.125. The average Bonchev–Trinajstić information content (AvgIpc) is 2.17. The fourth-order valence-corrected chi connectivity index (χ4v) is 1.09. The first kappa shape index (κ1) is 15.4. The quantitative estimate of drug-likeness (QED) is 0.743. The molecule has 0 saturated heterocycles. The second-order valence-corrected chi connectivity index (χ2v) is 4.07. The Morgan fingerprint density at radius 2 is 1.53 bits per heavy atom. The lowest BCUT2D eigenvalue weighted by Gasteiger charge is -1.95. The summed E-state index contributed by atoms with van der Waals surface area (Å²) in [6.45, 7) is 0. The second kappa shape index (κ2) is 5.64. The molecule has 0 bridgehead atoms. The van der Waals surface area contributed by atoms with Gasteiger partial charge in [-0.15, -0.1) is 0 Å². The van der Waals surface area contributed by atoms with Crippen LogP contribution in [0.5, 0.6) is 0 Å². The van der Waals surface area contributed by atoms with E-state index in [1.807, 2.05) is 0 Å². The normalized spacial score (nSPS) is 11.3. The van der Waals surface area contributed by atoms with Crippen molar-refractivity contribution in [3.05, 3.63) is 30.3 Å². The van der Waals surface area contributed by atoms with Gasteiger partial charge in [-0.1, -0.05) is 18.2 Å². The Balaban J connectivity index is 0.000000325. The van der Waals surface area contributed by atoms with Gasteiger partial charge in [0.05, 0.1) is 4.90 Å². The summed E-state index contributed by atoms with van der Waals surface area (Å²) < 4.78 is 61.3. The third-order valence-corrected chi connectivity index (χ3v) is 2.19. The lowest BCUT2D eigenvalue weighted by atomic mass is 10.4. The van der Waals surface area contributed by atoms with E-state index in [0.29, 0.717) is 0 Å². The van der Waals surface area contributed by atoms with E-state index in [9.17, 15) is 21.6 Å². The van der Waals surface area contributed by atoms with Crippen LogP contribution in [0.25, 0.3) is 0 Å². The molecule has 0 saturated carbocycles. The molecule has 0 unspecified atom stereocenters. The number of hydrogen-bond acceptors (Lipinski definition) is 3. The fourth-order valence-electron chi connectivity index (χ4n) is 0.592. The minimum absolute atomic E-state index is 0.0741.